The van der Waals surface area contributed by atoms with Gasteiger partial charge in [0, 0.05) is 47.0 Å². The summed E-state index contributed by atoms with van der Waals surface area (Å²) in [7, 11) is -3.40. The molecule has 0 N–H and O–H groups in total. The lowest BCUT2D eigenvalue weighted by molar-refractivity contribution is 0.477. The van der Waals surface area contributed by atoms with Crippen molar-refractivity contribution in [3.8, 4) is 5.69 Å². The van der Waals surface area contributed by atoms with Crippen molar-refractivity contribution in [1.82, 2.24) is 8.87 Å². The number of nitrogens with zero attached hydrogens (tertiary/aromatic N) is 3. The van der Waals surface area contributed by atoms with Gasteiger partial charge in [-0.15, -0.1) is 0 Å². The maximum Gasteiger partial charge on any atom is 0.243 e. The fourth-order valence-electron chi connectivity index (χ4n) is 3.83. The quantitative estimate of drug-likeness (QED) is 0.505. The number of rotatable bonds is 5. The van der Waals surface area contributed by atoms with Gasteiger partial charge < -0.3 is 4.57 Å². The van der Waals surface area contributed by atoms with Gasteiger partial charge in [0.05, 0.1) is 10.6 Å². The van der Waals surface area contributed by atoms with Crippen LogP contribution in [0, 0.1) is 13.8 Å². The summed E-state index contributed by atoms with van der Waals surface area (Å²) >= 11 is 6.01. The monoisotopic (exact) mass is 441 g/mol. The Hall–Kier alpha value is -2.41. The molecular formula is C23H24ClN3O2S. The minimum absolute atomic E-state index is 0.323. The van der Waals surface area contributed by atoms with Crippen molar-refractivity contribution in [2.75, 3.05) is 13.1 Å². The van der Waals surface area contributed by atoms with Gasteiger partial charge >= 0.3 is 0 Å². The SMILES string of the molecule is Cc1cc(C=Nc2ccc(S(=O)(=O)N3CCCC3)cc2)c(C)n1-c1ccc(Cl)cc1. The average molecular weight is 442 g/mol. The number of sulfonamides is 1. The Bertz CT molecular complexity index is 1170. The molecule has 0 spiro atoms. The van der Waals surface area contributed by atoms with Crippen molar-refractivity contribution in [1.29, 1.82) is 0 Å². The van der Waals surface area contributed by atoms with Crippen LogP contribution in [-0.4, -0.2) is 36.6 Å². The largest absolute Gasteiger partial charge is 0.318 e. The van der Waals surface area contributed by atoms with Gasteiger partial charge in [-0.05, 0) is 81.3 Å². The predicted molar refractivity (Wildman–Crippen MR) is 122 cm³/mol. The molecule has 0 saturated carbocycles. The van der Waals surface area contributed by atoms with Gasteiger partial charge in [-0.25, -0.2) is 8.42 Å². The van der Waals surface area contributed by atoms with E-state index >= 15 is 0 Å². The van der Waals surface area contributed by atoms with Crippen LogP contribution in [0.3, 0.4) is 0 Å². The van der Waals surface area contributed by atoms with Crippen molar-refractivity contribution in [3.05, 3.63) is 76.6 Å². The summed E-state index contributed by atoms with van der Waals surface area (Å²) in [5, 5.41) is 0.707. The molecule has 1 aliphatic rings. The maximum atomic E-state index is 12.6. The van der Waals surface area contributed by atoms with E-state index in [-0.39, 0.29) is 0 Å². The molecule has 5 nitrogen and oxygen atoms in total. The van der Waals surface area contributed by atoms with E-state index < -0.39 is 10.0 Å². The number of hydrogen-bond acceptors (Lipinski definition) is 3. The van der Waals surface area contributed by atoms with E-state index in [1.54, 1.807) is 28.6 Å². The molecule has 2 heterocycles. The number of aromatic nitrogens is 1. The Labute approximate surface area is 182 Å². The first-order valence-electron chi connectivity index (χ1n) is 9.95. The summed E-state index contributed by atoms with van der Waals surface area (Å²) in [5.74, 6) is 0. The summed E-state index contributed by atoms with van der Waals surface area (Å²) in [5.41, 5.74) is 4.95. The minimum Gasteiger partial charge on any atom is -0.318 e. The molecule has 4 rings (SSSR count). The second-order valence-corrected chi connectivity index (χ2v) is 9.88. The molecule has 0 radical (unpaired) electrons. The average Bonchev–Trinajstić information content (AvgIpc) is 3.37. The van der Waals surface area contributed by atoms with Crippen molar-refractivity contribution >= 4 is 33.5 Å². The molecule has 2 aromatic carbocycles. The fourth-order valence-corrected chi connectivity index (χ4v) is 5.47. The predicted octanol–water partition coefficient (Wildman–Crippen LogP) is 5.28. The molecule has 1 saturated heterocycles. The normalized spacial score (nSPS) is 15.3. The second-order valence-electron chi connectivity index (χ2n) is 7.50. The van der Waals surface area contributed by atoms with Gasteiger partial charge in [0.2, 0.25) is 10.0 Å². The van der Waals surface area contributed by atoms with Crippen molar-refractivity contribution in [2.24, 2.45) is 4.99 Å². The van der Waals surface area contributed by atoms with E-state index in [1.165, 1.54) is 0 Å². The molecule has 1 aromatic heterocycles. The molecule has 1 aliphatic heterocycles. The van der Waals surface area contributed by atoms with Crippen LogP contribution in [0.25, 0.3) is 5.69 Å². The molecule has 0 aliphatic carbocycles. The van der Waals surface area contributed by atoms with Gasteiger partial charge in [-0.2, -0.15) is 4.31 Å². The number of halogens is 1. The van der Waals surface area contributed by atoms with Crippen LogP contribution < -0.4 is 0 Å². The number of aliphatic imine (C=N–C) groups is 1. The van der Waals surface area contributed by atoms with Crippen LogP contribution in [0.1, 0.15) is 29.8 Å². The number of hydrogen-bond donors (Lipinski definition) is 0. The highest BCUT2D eigenvalue weighted by molar-refractivity contribution is 7.89. The fraction of sp³-hybridized carbons (Fsp3) is 0.261. The molecule has 0 bridgehead atoms. The summed E-state index contributed by atoms with van der Waals surface area (Å²) in [6.45, 7) is 5.31. The van der Waals surface area contributed by atoms with E-state index in [2.05, 4.69) is 29.5 Å². The van der Waals surface area contributed by atoms with E-state index in [9.17, 15) is 8.42 Å². The van der Waals surface area contributed by atoms with Crippen LogP contribution in [-0.2, 0) is 10.0 Å². The maximum absolute atomic E-state index is 12.6. The van der Waals surface area contributed by atoms with Crippen LogP contribution in [0.2, 0.25) is 5.02 Å². The van der Waals surface area contributed by atoms with Gasteiger partial charge in [0.25, 0.3) is 0 Å². The number of benzene rings is 2. The van der Waals surface area contributed by atoms with Crippen LogP contribution >= 0.6 is 11.6 Å². The Balaban J connectivity index is 1.56. The highest BCUT2D eigenvalue weighted by Gasteiger charge is 2.26. The molecular weight excluding hydrogens is 418 g/mol. The zero-order chi connectivity index (χ0) is 21.3. The van der Waals surface area contributed by atoms with Crippen molar-refractivity contribution < 1.29 is 8.42 Å². The Morgan fingerprint density at radius 3 is 2.23 bits per heavy atom. The van der Waals surface area contributed by atoms with E-state index in [1.807, 2.05) is 30.5 Å². The third-order valence-electron chi connectivity index (χ3n) is 5.45. The van der Waals surface area contributed by atoms with Gasteiger partial charge in [0.1, 0.15) is 0 Å². The molecule has 156 valence electrons. The van der Waals surface area contributed by atoms with Crippen LogP contribution in [0.5, 0.6) is 0 Å². The Morgan fingerprint density at radius 2 is 1.60 bits per heavy atom. The van der Waals surface area contributed by atoms with E-state index in [4.69, 9.17) is 11.6 Å². The first-order chi connectivity index (χ1) is 14.4. The smallest absolute Gasteiger partial charge is 0.243 e. The Morgan fingerprint density at radius 1 is 0.967 bits per heavy atom. The second kappa shape index (κ2) is 8.38. The lowest BCUT2D eigenvalue weighted by Crippen LogP contribution is -2.27. The molecule has 30 heavy (non-hydrogen) atoms. The zero-order valence-corrected chi connectivity index (χ0v) is 18.6. The first-order valence-corrected chi connectivity index (χ1v) is 11.8. The van der Waals surface area contributed by atoms with Crippen LogP contribution in [0.15, 0.2) is 64.5 Å². The third kappa shape index (κ3) is 4.08. The van der Waals surface area contributed by atoms with Crippen molar-refractivity contribution in [3.63, 3.8) is 0 Å². The molecule has 0 unspecified atom stereocenters. The highest BCUT2D eigenvalue weighted by atomic mass is 35.5. The topological polar surface area (TPSA) is 54.7 Å². The molecule has 3 aromatic rings. The van der Waals surface area contributed by atoms with Gasteiger partial charge in [-0.1, -0.05) is 11.6 Å². The summed E-state index contributed by atoms with van der Waals surface area (Å²) in [6, 6.07) is 16.6. The number of aryl methyl sites for hydroxylation is 1. The Kier molecular flexibility index (Phi) is 5.82. The lowest BCUT2D eigenvalue weighted by Gasteiger charge is -2.15. The minimum atomic E-state index is -3.40. The summed E-state index contributed by atoms with van der Waals surface area (Å²) < 4.78 is 29.0. The van der Waals surface area contributed by atoms with E-state index in [0.29, 0.717) is 28.7 Å². The first kappa shape index (κ1) is 20.8. The van der Waals surface area contributed by atoms with Crippen molar-refractivity contribution in [2.45, 2.75) is 31.6 Å². The molecule has 7 heteroatoms. The third-order valence-corrected chi connectivity index (χ3v) is 7.61. The lowest BCUT2D eigenvalue weighted by atomic mass is 10.2. The van der Waals surface area contributed by atoms with E-state index in [0.717, 1.165) is 35.5 Å². The summed E-state index contributed by atoms with van der Waals surface area (Å²) in [4.78, 5) is 4.88. The zero-order valence-electron chi connectivity index (χ0n) is 17.0. The standard InChI is InChI=1S/C23H24ClN3O2S/c1-17-15-19(18(2)27(17)22-9-5-20(24)6-10-22)16-25-21-7-11-23(12-8-21)30(28,29)26-13-3-4-14-26/h5-12,15-16H,3-4,13-14H2,1-2H3. The molecule has 1 fully saturated rings. The van der Waals surface area contributed by atoms with Gasteiger partial charge in [-0.3, -0.25) is 4.99 Å². The molecule has 0 atom stereocenters. The van der Waals surface area contributed by atoms with Crippen LogP contribution in [0.4, 0.5) is 5.69 Å². The summed E-state index contributed by atoms with van der Waals surface area (Å²) in [6.07, 6.45) is 3.67. The highest BCUT2D eigenvalue weighted by Crippen LogP contribution is 2.24. The van der Waals surface area contributed by atoms with Gasteiger partial charge in [0.15, 0.2) is 0 Å². The molecule has 0 amide bonds.